The van der Waals surface area contributed by atoms with Gasteiger partial charge in [-0.1, -0.05) is 17.7 Å². The van der Waals surface area contributed by atoms with Gasteiger partial charge in [-0.2, -0.15) is 0 Å². The Balaban J connectivity index is 2.36. The van der Waals surface area contributed by atoms with Crippen molar-refractivity contribution in [2.24, 2.45) is 5.73 Å². The predicted molar refractivity (Wildman–Crippen MR) is 85.2 cm³/mol. The number of hydrogen-bond acceptors (Lipinski definition) is 3. The molecule has 102 valence electrons. The van der Waals surface area contributed by atoms with Gasteiger partial charge < -0.3 is 10.6 Å². The molecule has 0 saturated carbocycles. The van der Waals surface area contributed by atoms with E-state index in [0.717, 1.165) is 0 Å². The third-order valence-electron chi connectivity index (χ3n) is 3.63. The van der Waals surface area contributed by atoms with E-state index in [2.05, 4.69) is 62.4 Å². The zero-order valence-electron chi connectivity index (χ0n) is 12.1. The van der Waals surface area contributed by atoms with Crippen molar-refractivity contribution in [2.75, 3.05) is 18.5 Å². The van der Waals surface area contributed by atoms with Crippen molar-refractivity contribution in [3.8, 4) is 0 Å². The summed E-state index contributed by atoms with van der Waals surface area (Å²) in [6.45, 7) is 7.07. The molecule has 2 nitrogen and oxygen atoms in total. The molecule has 2 N–H and O–H groups in total. The van der Waals surface area contributed by atoms with Crippen LogP contribution in [0.1, 0.15) is 27.6 Å². The number of anilines is 1. The first-order chi connectivity index (χ1) is 9.04. The van der Waals surface area contributed by atoms with E-state index in [-0.39, 0.29) is 6.04 Å². The summed E-state index contributed by atoms with van der Waals surface area (Å²) in [5.74, 6) is 0. The van der Waals surface area contributed by atoms with Gasteiger partial charge in [-0.05, 0) is 49.4 Å². The van der Waals surface area contributed by atoms with Gasteiger partial charge in [0.2, 0.25) is 0 Å². The highest BCUT2D eigenvalue weighted by molar-refractivity contribution is 7.10. The van der Waals surface area contributed by atoms with Gasteiger partial charge in [0.25, 0.3) is 0 Å². The molecule has 0 radical (unpaired) electrons. The topological polar surface area (TPSA) is 29.3 Å². The van der Waals surface area contributed by atoms with Crippen LogP contribution in [0.25, 0.3) is 0 Å². The first-order valence-electron chi connectivity index (χ1n) is 6.58. The zero-order valence-corrected chi connectivity index (χ0v) is 12.9. The van der Waals surface area contributed by atoms with Crippen molar-refractivity contribution in [2.45, 2.75) is 26.8 Å². The van der Waals surface area contributed by atoms with Gasteiger partial charge in [0.15, 0.2) is 0 Å². The fourth-order valence-corrected chi connectivity index (χ4v) is 3.62. The normalized spacial score (nSPS) is 12.5. The van der Waals surface area contributed by atoms with Crippen molar-refractivity contribution in [3.05, 3.63) is 51.2 Å². The van der Waals surface area contributed by atoms with Crippen molar-refractivity contribution in [1.29, 1.82) is 0 Å². The Morgan fingerprint density at radius 3 is 2.42 bits per heavy atom. The van der Waals surface area contributed by atoms with E-state index in [0.29, 0.717) is 6.54 Å². The largest absolute Gasteiger partial charge is 0.365 e. The molecule has 0 saturated heterocycles. The van der Waals surface area contributed by atoms with Crippen LogP contribution in [0.3, 0.4) is 0 Å². The Hall–Kier alpha value is -1.32. The third-order valence-corrected chi connectivity index (χ3v) is 4.75. The molecule has 1 atom stereocenters. The molecule has 1 aromatic heterocycles. The molecule has 2 aromatic rings. The van der Waals surface area contributed by atoms with Crippen molar-refractivity contribution in [1.82, 2.24) is 0 Å². The second-order valence-corrected chi connectivity index (χ2v) is 6.07. The van der Waals surface area contributed by atoms with Crippen LogP contribution in [0.5, 0.6) is 0 Å². The summed E-state index contributed by atoms with van der Waals surface area (Å²) in [5, 5.41) is 2.14. The second-order valence-electron chi connectivity index (χ2n) is 5.12. The molecular weight excluding hydrogens is 252 g/mol. The molecular formula is C16H22N2S. The number of likely N-dealkylation sites (N-methyl/N-ethyl adjacent to an activating group) is 1. The van der Waals surface area contributed by atoms with E-state index >= 15 is 0 Å². The number of hydrogen-bond donors (Lipinski definition) is 1. The van der Waals surface area contributed by atoms with Gasteiger partial charge in [0, 0.05) is 24.2 Å². The summed E-state index contributed by atoms with van der Waals surface area (Å²) in [4.78, 5) is 3.66. The maximum Gasteiger partial charge on any atom is 0.0756 e. The molecule has 0 aliphatic heterocycles. The van der Waals surface area contributed by atoms with Crippen LogP contribution in [0.15, 0.2) is 29.6 Å². The first kappa shape index (κ1) is 14.1. The molecule has 1 aromatic carbocycles. The lowest BCUT2D eigenvalue weighted by Crippen LogP contribution is -2.30. The van der Waals surface area contributed by atoms with E-state index in [4.69, 9.17) is 5.73 Å². The van der Waals surface area contributed by atoms with E-state index in [1.54, 1.807) is 11.3 Å². The third kappa shape index (κ3) is 2.82. The Bertz CT molecular complexity index is 560. The Morgan fingerprint density at radius 1 is 1.16 bits per heavy atom. The van der Waals surface area contributed by atoms with Crippen molar-refractivity contribution < 1.29 is 0 Å². The molecule has 0 amide bonds. The fraction of sp³-hybridized carbons (Fsp3) is 0.375. The highest BCUT2D eigenvalue weighted by Crippen LogP contribution is 2.32. The number of thiophene rings is 1. The van der Waals surface area contributed by atoms with Gasteiger partial charge in [-0.15, -0.1) is 11.3 Å². The van der Waals surface area contributed by atoms with Gasteiger partial charge in [0.05, 0.1) is 6.04 Å². The molecule has 1 unspecified atom stereocenters. The van der Waals surface area contributed by atoms with Gasteiger partial charge in [0.1, 0.15) is 0 Å². The highest BCUT2D eigenvalue weighted by Gasteiger charge is 2.20. The number of rotatable bonds is 4. The van der Waals surface area contributed by atoms with Gasteiger partial charge in [-0.3, -0.25) is 0 Å². The summed E-state index contributed by atoms with van der Waals surface area (Å²) < 4.78 is 0. The first-order valence-corrected chi connectivity index (χ1v) is 7.46. The van der Waals surface area contributed by atoms with E-state index in [1.165, 1.54) is 27.3 Å². The van der Waals surface area contributed by atoms with Crippen LogP contribution in [-0.4, -0.2) is 13.6 Å². The number of aryl methyl sites for hydroxylation is 3. The molecule has 0 spiro atoms. The summed E-state index contributed by atoms with van der Waals surface area (Å²) in [6, 6.07) is 8.99. The zero-order chi connectivity index (χ0) is 14.0. The van der Waals surface area contributed by atoms with Crippen LogP contribution < -0.4 is 10.6 Å². The van der Waals surface area contributed by atoms with Crippen molar-refractivity contribution in [3.63, 3.8) is 0 Å². The monoisotopic (exact) mass is 274 g/mol. The standard InChI is InChI=1S/C16H22N2S/c1-11-5-6-14(13(3)9-11)18(4)15(10-17)16-12(2)7-8-19-16/h5-9,15H,10,17H2,1-4H3. The SMILES string of the molecule is Cc1ccc(N(C)C(CN)c2sccc2C)c(C)c1. The minimum Gasteiger partial charge on any atom is -0.365 e. The lowest BCUT2D eigenvalue weighted by atomic mass is 10.1. The van der Waals surface area contributed by atoms with Crippen LogP contribution in [0.4, 0.5) is 5.69 Å². The molecule has 0 aliphatic rings. The molecule has 3 heteroatoms. The van der Waals surface area contributed by atoms with Crippen molar-refractivity contribution >= 4 is 17.0 Å². The predicted octanol–water partition coefficient (Wildman–Crippen LogP) is 3.81. The summed E-state index contributed by atoms with van der Waals surface area (Å²) in [5.41, 5.74) is 11.2. The van der Waals surface area contributed by atoms with Gasteiger partial charge in [-0.25, -0.2) is 0 Å². The van der Waals surface area contributed by atoms with E-state index in [1.807, 2.05) is 0 Å². The molecule has 0 bridgehead atoms. The Labute approximate surface area is 119 Å². The molecule has 1 heterocycles. The van der Waals surface area contributed by atoms with E-state index in [9.17, 15) is 0 Å². The summed E-state index contributed by atoms with van der Waals surface area (Å²) >= 11 is 1.79. The fourth-order valence-electron chi connectivity index (χ4n) is 2.54. The minimum atomic E-state index is 0.251. The Morgan fingerprint density at radius 2 is 1.89 bits per heavy atom. The highest BCUT2D eigenvalue weighted by atomic mass is 32.1. The smallest absolute Gasteiger partial charge is 0.0756 e. The average Bonchev–Trinajstić information content (AvgIpc) is 2.76. The maximum atomic E-state index is 6.02. The molecule has 0 fully saturated rings. The lowest BCUT2D eigenvalue weighted by molar-refractivity contribution is 0.687. The number of benzene rings is 1. The molecule has 0 aliphatic carbocycles. The second kappa shape index (κ2) is 5.76. The van der Waals surface area contributed by atoms with Crippen LogP contribution in [0, 0.1) is 20.8 Å². The van der Waals surface area contributed by atoms with Crippen LogP contribution in [-0.2, 0) is 0 Å². The summed E-state index contributed by atoms with van der Waals surface area (Å²) in [7, 11) is 2.13. The van der Waals surface area contributed by atoms with E-state index < -0.39 is 0 Å². The van der Waals surface area contributed by atoms with Gasteiger partial charge >= 0.3 is 0 Å². The Kier molecular flexibility index (Phi) is 4.27. The van der Waals surface area contributed by atoms with Crippen LogP contribution in [0.2, 0.25) is 0 Å². The quantitative estimate of drug-likeness (QED) is 0.918. The number of nitrogens with two attached hydrogens (primary N) is 1. The summed E-state index contributed by atoms with van der Waals surface area (Å²) in [6.07, 6.45) is 0. The average molecular weight is 274 g/mol. The maximum absolute atomic E-state index is 6.02. The minimum absolute atomic E-state index is 0.251. The van der Waals surface area contributed by atoms with Crippen LogP contribution >= 0.6 is 11.3 Å². The number of nitrogens with zero attached hydrogens (tertiary/aromatic N) is 1. The molecule has 19 heavy (non-hydrogen) atoms. The molecule has 2 rings (SSSR count). The lowest BCUT2D eigenvalue weighted by Gasteiger charge is -2.30.